The summed E-state index contributed by atoms with van der Waals surface area (Å²) < 4.78 is 6.51. The number of aromatic nitrogens is 1. The number of nitrogens with zero attached hydrogens (tertiary/aromatic N) is 1. The van der Waals surface area contributed by atoms with Crippen LogP contribution in [0.2, 0.25) is 0 Å². The van der Waals surface area contributed by atoms with Crippen LogP contribution in [0, 0.1) is 18.8 Å². The molecule has 0 saturated heterocycles. The van der Waals surface area contributed by atoms with E-state index < -0.39 is 0 Å². The highest BCUT2D eigenvalue weighted by Gasteiger charge is 2.09. The molecule has 0 fully saturated rings. The van der Waals surface area contributed by atoms with Crippen molar-refractivity contribution >= 4 is 27.2 Å². The molecule has 3 heterocycles. The smallest absolute Gasteiger partial charge is 0.122 e. The Morgan fingerprint density at radius 2 is 2.35 bits per heavy atom. The van der Waals surface area contributed by atoms with E-state index >= 15 is 0 Å². The van der Waals surface area contributed by atoms with Gasteiger partial charge in [0.05, 0.1) is 28.7 Å². The van der Waals surface area contributed by atoms with Gasteiger partial charge in [-0.2, -0.15) is 0 Å². The van der Waals surface area contributed by atoms with Crippen molar-refractivity contribution in [1.29, 1.82) is 0 Å². The molecular formula is C16H14N2OS. The largest absolute Gasteiger partial charge is 0.467 e. The average Bonchev–Trinajstić information content (AvgIpc) is 3.07. The number of fused-ring (bicyclic) bond motifs is 1. The van der Waals surface area contributed by atoms with E-state index in [1.54, 1.807) is 17.6 Å². The Labute approximate surface area is 121 Å². The predicted molar refractivity (Wildman–Crippen MR) is 82.9 cm³/mol. The number of furan rings is 1. The lowest BCUT2D eigenvalue weighted by molar-refractivity contribution is 0.518. The third-order valence-electron chi connectivity index (χ3n) is 2.99. The Bertz CT molecular complexity index is 791. The average molecular weight is 282 g/mol. The molecule has 0 aliphatic carbocycles. The number of pyridine rings is 1. The molecule has 0 radical (unpaired) electrons. The van der Waals surface area contributed by atoms with Gasteiger partial charge < -0.3 is 9.73 Å². The molecule has 0 unspecified atom stereocenters. The van der Waals surface area contributed by atoms with Crippen LogP contribution < -0.4 is 5.32 Å². The summed E-state index contributed by atoms with van der Waals surface area (Å²) in [6.45, 7) is 4.55. The van der Waals surface area contributed by atoms with Gasteiger partial charge in [0, 0.05) is 0 Å². The number of hydrogen-bond acceptors (Lipinski definition) is 4. The maximum atomic E-state index is 5.35. The zero-order valence-corrected chi connectivity index (χ0v) is 12.2. The van der Waals surface area contributed by atoms with E-state index in [-0.39, 0.29) is 0 Å². The first kappa shape index (κ1) is 12.8. The quantitative estimate of drug-likeness (QED) is 0.732. The normalized spacial score (nSPS) is 10.3. The first-order valence-electron chi connectivity index (χ1n) is 6.36. The van der Waals surface area contributed by atoms with Gasteiger partial charge in [0.25, 0.3) is 0 Å². The highest BCUT2D eigenvalue weighted by Crippen LogP contribution is 2.31. The monoisotopic (exact) mass is 282 g/mol. The topological polar surface area (TPSA) is 38.1 Å². The molecule has 1 N–H and O–H groups in total. The molecule has 0 amide bonds. The third kappa shape index (κ3) is 2.40. The molecule has 3 aromatic rings. The van der Waals surface area contributed by atoms with Gasteiger partial charge in [-0.25, -0.2) is 4.98 Å². The molecule has 20 heavy (non-hydrogen) atoms. The van der Waals surface area contributed by atoms with Crippen LogP contribution >= 0.6 is 11.3 Å². The molecule has 0 aromatic carbocycles. The molecule has 0 aliphatic rings. The summed E-state index contributed by atoms with van der Waals surface area (Å²) in [4.78, 5) is 4.60. The fraction of sp³-hybridized carbons (Fsp3) is 0.188. The van der Waals surface area contributed by atoms with Crippen molar-refractivity contribution in [2.45, 2.75) is 20.4 Å². The summed E-state index contributed by atoms with van der Waals surface area (Å²) >= 11 is 1.70. The summed E-state index contributed by atoms with van der Waals surface area (Å²) in [5, 5.41) is 5.53. The summed E-state index contributed by atoms with van der Waals surface area (Å²) in [7, 11) is 0. The minimum Gasteiger partial charge on any atom is -0.467 e. The third-order valence-corrected chi connectivity index (χ3v) is 4.11. The molecule has 0 atom stereocenters. The van der Waals surface area contributed by atoms with E-state index in [2.05, 4.69) is 34.4 Å². The Morgan fingerprint density at radius 1 is 1.45 bits per heavy atom. The minimum atomic E-state index is 0.655. The first-order chi connectivity index (χ1) is 9.78. The lowest BCUT2D eigenvalue weighted by Gasteiger charge is -2.07. The van der Waals surface area contributed by atoms with Gasteiger partial charge in [-0.1, -0.05) is 5.92 Å². The number of anilines is 1. The first-order valence-corrected chi connectivity index (χ1v) is 7.23. The Hall–Kier alpha value is -2.25. The molecule has 3 aromatic heterocycles. The van der Waals surface area contributed by atoms with Crippen LogP contribution in [0.3, 0.4) is 0 Å². The Balaban J connectivity index is 2.00. The SMILES string of the molecule is CC#Cc1cc(NCc2ccco2)c2scc(C)c2n1. The molecule has 3 nitrogen and oxygen atoms in total. The fourth-order valence-corrected chi connectivity index (χ4v) is 3.02. The van der Waals surface area contributed by atoms with Crippen molar-refractivity contribution < 1.29 is 4.42 Å². The van der Waals surface area contributed by atoms with Crippen molar-refractivity contribution in [3.63, 3.8) is 0 Å². The van der Waals surface area contributed by atoms with Gasteiger partial charge in [0.1, 0.15) is 11.5 Å². The summed E-state index contributed by atoms with van der Waals surface area (Å²) in [5.74, 6) is 6.84. The van der Waals surface area contributed by atoms with Crippen LogP contribution in [0.15, 0.2) is 34.3 Å². The lowest BCUT2D eigenvalue weighted by Crippen LogP contribution is -1.99. The zero-order valence-electron chi connectivity index (χ0n) is 11.4. The number of hydrogen-bond donors (Lipinski definition) is 1. The summed E-state index contributed by atoms with van der Waals surface area (Å²) in [6.07, 6.45) is 1.68. The zero-order chi connectivity index (χ0) is 13.9. The Kier molecular flexibility index (Phi) is 3.44. The fourth-order valence-electron chi connectivity index (χ4n) is 2.04. The number of thiophene rings is 1. The van der Waals surface area contributed by atoms with Crippen molar-refractivity contribution in [2.24, 2.45) is 0 Å². The number of rotatable bonds is 3. The van der Waals surface area contributed by atoms with Crippen molar-refractivity contribution in [2.75, 3.05) is 5.32 Å². The van der Waals surface area contributed by atoms with Crippen molar-refractivity contribution in [3.8, 4) is 11.8 Å². The molecule has 4 heteroatoms. The van der Waals surface area contributed by atoms with E-state index in [9.17, 15) is 0 Å². The predicted octanol–water partition coefficient (Wildman–Crippen LogP) is 4.18. The summed E-state index contributed by atoms with van der Waals surface area (Å²) in [5.41, 5.74) is 4.06. The summed E-state index contributed by atoms with van der Waals surface area (Å²) in [6, 6.07) is 5.85. The van der Waals surface area contributed by atoms with Crippen LogP contribution in [0.1, 0.15) is 23.9 Å². The lowest BCUT2D eigenvalue weighted by atomic mass is 10.2. The van der Waals surface area contributed by atoms with E-state index in [1.807, 2.05) is 25.1 Å². The van der Waals surface area contributed by atoms with Crippen LogP contribution in [0.25, 0.3) is 10.2 Å². The van der Waals surface area contributed by atoms with Crippen LogP contribution in [0.5, 0.6) is 0 Å². The Morgan fingerprint density at radius 3 is 3.10 bits per heavy atom. The van der Waals surface area contributed by atoms with E-state index in [0.717, 1.165) is 27.4 Å². The van der Waals surface area contributed by atoms with Gasteiger partial charge in [0.15, 0.2) is 0 Å². The van der Waals surface area contributed by atoms with Crippen molar-refractivity contribution in [1.82, 2.24) is 4.98 Å². The molecule has 0 saturated carbocycles. The number of nitrogens with one attached hydrogen (secondary N) is 1. The molecule has 0 aliphatic heterocycles. The number of aryl methyl sites for hydroxylation is 1. The van der Waals surface area contributed by atoms with Gasteiger partial charge in [0.2, 0.25) is 0 Å². The van der Waals surface area contributed by atoms with Gasteiger partial charge in [-0.3, -0.25) is 0 Å². The molecule has 3 rings (SSSR count). The van der Waals surface area contributed by atoms with Gasteiger partial charge in [-0.05, 0) is 48.9 Å². The maximum Gasteiger partial charge on any atom is 0.122 e. The molecule has 0 spiro atoms. The highest BCUT2D eigenvalue weighted by molar-refractivity contribution is 7.18. The van der Waals surface area contributed by atoms with E-state index in [4.69, 9.17) is 4.42 Å². The second-order valence-electron chi connectivity index (χ2n) is 4.46. The van der Waals surface area contributed by atoms with E-state index in [1.165, 1.54) is 5.56 Å². The maximum absolute atomic E-state index is 5.35. The highest BCUT2D eigenvalue weighted by atomic mass is 32.1. The standard InChI is InChI=1S/C16H14N2OS/c1-3-5-12-8-14(17-9-13-6-4-7-19-13)16-15(18-12)11(2)10-20-16/h4,6-8,10H,9H2,1-2H3,(H,17,18). The van der Waals surface area contributed by atoms with Crippen LogP contribution in [-0.2, 0) is 6.54 Å². The van der Waals surface area contributed by atoms with Crippen LogP contribution in [-0.4, -0.2) is 4.98 Å². The second kappa shape index (κ2) is 5.40. The van der Waals surface area contributed by atoms with Gasteiger partial charge in [-0.15, -0.1) is 11.3 Å². The van der Waals surface area contributed by atoms with E-state index in [0.29, 0.717) is 6.54 Å². The minimum absolute atomic E-state index is 0.655. The molecule has 0 bridgehead atoms. The van der Waals surface area contributed by atoms with Crippen molar-refractivity contribution in [3.05, 3.63) is 46.9 Å². The molecular weight excluding hydrogens is 268 g/mol. The molecule has 100 valence electrons. The second-order valence-corrected chi connectivity index (χ2v) is 5.34. The van der Waals surface area contributed by atoms with Crippen LogP contribution in [0.4, 0.5) is 5.69 Å². The van der Waals surface area contributed by atoms with Gasteiger partial charge >= 0.3 is 0 Å².